The van der Waals surface area contributed by atoms with Gasteiger partial charge >= 0.3 is 5.97 Å². The average molecular weight is 190 g/mol. The van der Waals surface area contributed by atoms with Crippen molar-refractivity contribution >= 4 is 17.7 Å². The summed E-state index contributed by atoms with van der Waals surface area (Å²) in [7, 11) is 0. The molecule has 0 saturated carbocycles. The van der Waals surface area contributed by atoms with Crippen molar-refractivity contribution in [2.24, 2.45) is 10.8 Å². The van der Waals surface area contributed by atoms with Crippen LogP contribution in [0.3, 0.4) is 0 Å². The topological polar surface area (TPSA) is 112 Å². The van der Waals surface area contributed by atoms with Crippen LogP contribution in [-0.2, 0) is 4.79 Å². The second-order valence-corrected chi connectivity index (χ2v) is 3.08. The van der Waals surface area contributed by atoms with Crippen LogP contribution in [0.15, 0.2) is 5.11 Å². The fraction of sp³-hybridized carbons (Fsp3) is 0.800. The third-order valence-electron chi connectivity index (χ3n) is 1.10. The van der Waals surface area contributed by atoms with Gasteiger partial charge in [0.25, 0.3) is 0 Å². The van der Waals surface area contributed by atoms with Crippen molar-refractivity contribution in [1.29, 1.82) is 0 Å². The molecule has 3 N–H and O–H groups in total. The largest absolute Gasteiger partial charge is 0.480 e. The maximum Gasteiger partial charge on any atom is 0.320 e. The van der Waals surface area contributed by atoms with Crippen LogP contribution in [0.5, 0.6) is 0 Å². The predicted octanol–water partition coefficient (Wildman–Crippen LogP) is 0.789. The third-order valence-corrected chi connectivity index (χ3v) is 1.93. The van der Waals surface area contributed by atoms with E-state index in [0.717, 1.165) is 0 Å². The number of rotatable bonds is 6. The zero-order valence-corrected chi connectivity index (χ0v) is 7.20. The number of hydrogen-bond acceptors (Lipinski definition) is 4. The molecule has 0 aliphatic carbocycles. The first-order valence-electron chi connectivity index (χ1n) is 3.25. The molecule has 12 heavy (non-hydrogen) atoms. The standard InChI is InChI=1S/C5H10N4O2S/c6-4(5(10)11)1-2-12-3-8-9-7/h4H,1-3,6H2,(H,10,11)/t4-/m0/s1. The highest BCUT2D eigenvalue weighted by Crippen LogP contribution is 2.04. The lowest BCUT2D eigenvalue weighted by Gasteiger charge is -2.03. The summed E-state index contributed by atoms with van der Waals surface area (Å²) in [5.74, 6) is -0.0885. The lowest BCUT2D eigenvalue weighted by atomic mass is 10.2. The van der Waals surface area contributed by atoms with Crippen LogP contribution in [0, 0.1) is 0 Å². The SMILES string of the molecule is [N-]=[N+]=NCSCC[C@H](N)C(=O)O. The molecule has 7 heteroatoms. The smallest absolute Gasteiger partial charge is 0.320 e. The van der Waals surface area contributed by atoms with Crippen LogP contribution in [0.1, 0.15) is 6.42 Å². The van der Waals surface area contributed by atoms with E-state index in [1.165, 1.54) is 11.8 Å². The van der Waals surface area contributed by atoms with Crippen LogP contribution in [0.4, 0.5) is 0 Å². The average Bonchev–Trinajstić information content (AvgIpc) is 2.03. The first-order chi connectivity index (χ1) is 5.68. The molecule has 0 amide bonds. The molecule has 0 heterocycles. The van der Waals surface area contributed by atoms with E-state index in [-0.39, 0.29) is 0 Å². The van der Waals surface area contributed by atoms with Crippen LogP contribution >= 0.6 is 11.8 Å². The molecule has 0 unspecified atom stereocenters. The highest BCUT2D eigenvalue weighted by Gasteiger charge is 2.09. The second-order valence-electron chi connectivity index (χ2n) is 2.00. The summed E-state index contributed by atoms with van der Waals surface area (Å²) in [6, 6.07) is -0.816. The third kappa shape index (κ3) is 5.84. The van der Waals surface area contributed by atoms with E-state index in [2.05, 4.69) is 10.0 Å². The zero-order valence-electron chi connectivity index (χ0n) is 6.38. The molecule has 1 atom stereocenters. The maximum atomic E-state index is 10.2. The van der Waals surface area contributed by atoms with Gasteiger partial charge in [0.05, 0.1) is 5.88 Å². The van der Waals surface area contributed by atoms with E-state index in [9.17, 15) is 4.79 Å². The molecule has 6 nitrogen and oxygen atoms in total. The number of nitrogens with two attached hydrogens (primary N) is 1. The van der Waals surface area contributed by atoms with Crippen LogP contribution in [-0.4, -0.2) is 28.7 Å². The number of carbonyl (C=O) groups is 1. The Labute approximate surface area is 73.8 Å². The van der Waals surface area contributed by atoms with Gasteiger partial charge in [-0.15, -0.1) is 0 Å². The summed E-state index contributed by atoms with van der Waals surface area (Å²) in [6.07, 6.45) is 0.390. The fourth-order valence-electron chi connectivity index (χ4n) is 0.465. The summed E-state index contributed by atoms with van der Waals surface area (Å²) < 4.78 is 0. The molecule has 0 radical (unpaired) electrons. The molecule has 0 spiro atoms. The van der Waals surface area contributed by atoms with Crippen molar-refractivity contribution in [1.82, 2.24) is 0 Å². The van der Waals surface area contributed by atoms with E-state index in [1.54, 1.807) is 0 Å². The molecule has 0 aromatic rings. The van der Waals surface area contributed by atoms with Crippen molar-refractivity contribution in [2.45, 2.75) is 12.5 Å². The van der Waals surface area contributed by atoms with Gasteiger partial charge in [-0.2, -0.15) is 11.8 Å². The zero-order chi connectivity index (χ0) is 9.40. The minimum atomic E-state index is -1.00. The Balaban J connectivity index is 3.31. The van der Waals surface area contributed by atoms with Crippen molar-refractivity contribution < 1.29 is 9.90 Å². The Morgan fingerprint density at radius 3 is 3.00 bits per heavy atom. The van der Waals surface area contributed by atoms with Gasteiger partial charge in [-0.3, -0.25) is 4.79 Å². The highest BCUT2D eigenvalue weighted by molar-refractivity contribution is 7.99. The number of carboxylic acid groups (broad SMARTS) is 1. The first-order valence-corrected chi connectivity index (χ1v) is 4.41. The molecule has 0 rings (SSSR count). The number of hydrogen-bond donors (Lipinski definition) is 2. The normalized spacial score (nSPS) is 11.8. The second kappa shape index (κ2) is 6.78. The van der Waals surface area contributed by atoms with Gasteiger partial charge in [-0.25, -0.2) is 0 Å². The van der Waals surface area contributed by atoms with Gasteiger partial charge < -0.3 is 10.8 Å². The van der Waals surface area contributed by atoms with E-state index >= 15 is 0 Å². The van der Waals surface area contributed by atoms with Gasteiger partial charge in [0.2, 0.25) is 0 Å². The monoisotopic (exact) mass is 190 g/mol. The maximum absolute atomic E-state index is 10.2. The summed E-state index contributed by atoms with van der Waals surface area (Å²) in [5, 5.41) is 11.6. The van der Waals surface area contributed by atoms with E-state index < -0.39 is 12.0 Å². The molecule has 0 aromatic carbocycles. The lowest BCUT2D eigenvalue weighted by molar-refractivity contribution is -0.138. The number of azide groups is 1. The van der Waals surface area contributed by atoms with E-state index in [1.807, 2.05) is 0 Å². The van der Waals surface area contributed by atoms with Crippen molar-refractivity contribution in [3.05, 3.63) is 10.4 Å². The molecule has 0 aliphatic rings. The number of aliphatic carboxylic acids is 1. The summed E-state index contributed by atoms with van der Waals surface area (Å²) in [6.45, 7) is 0. The Morgan fingerprint density at radius 1 is 1.83 bits per heavy atom. The summed E-state index contributed by atoms with van der Waals surface area (Å²) in [4.78, 5) is 12.7. The quantitative estimate of drug-likeness (QED) is 0.279. The molecule has 0 aromatic heterocycles. The molecular formula is C5H10N4O2S. The summed E-state index contributed by atoms with van der Waals surface area (Å²) in [5.41, 5.74) is 13.1. The molecular weight excluding hydrogens is 180 g/mol. The Bertz CT molecular complexity index is 192. The van der Waals surface area contributed by atoms with Gasteiger partial charge in [-0.1, -0.05) is 5.11 Å². The number of thioether (sulfide) groups is 1. The molecule has 0 bridgehead atoms. The predicted molar refractivity (Wildman–Crippen MR) is 46.7 cm³/mol. The van der Waals surface area contributed by atoms with Crippen LogP contribution in [0.2, 0.25) is 0 Å². The Morgan fingerprint density at radius 2 is 2.50 bits per heavy atom. The lowest BCUT2D eigenvalue weighted by Crippen LogP contribution is -2.30. The highest BCUT2D eigenvalue weighted by atomic mass is 32.2. The summed E-state index contributed by atoms with van der Waals surface area (Å²) >= 11 is 1.36. The Hall–Kier alpha value is -0.910. The minimum absolute atomic E-state index is 0.322. The minimum Gasteiger partial charge on any atom is -0.480 e. The number of carboxylic acids is 1. The Kier molecular flexibility index (Phi) is 6.26. The van der Waals surface area contributed by atoms with E-state index in [0.29, 0.717) is 18.1 Å². The van der Waals surface area contributed by atoms with Gasteiger partial charge in [-0.05, 0) is 17.7 Å². The first kappa shape index (κ1) is 11.1. The van der Waals surface area contributed by atoms with Crippen molar-refractivity contribution in [2.75, 3.05) is 11.6 Å². The van der Waals surface area contributed by atoms with Crippen LogP contribution < -0.4 is 5.73 Å². The van der Waals surface area contributed by atoms with Crippen LogP contribution in [0.25, 0.3) is 10.4 Å². The van der Waals surface area contributed by atoms with Gasteiger partial charge in [0, 0.05) is 4.91 Å². The molecule has 0 fully saturated rings. The van der Waals surface area contributed by atoms with Gasteiger partial charge in [0.15, 0.2) is 0 Å². The molecule has 0 aliphatic heterocycles. The van der Waals surface area contributed by atoms with Crippen molar-refractivity contribution in [3.8, 4) is 0 Å². The van der Waals surface area contributed by atoms with Crippen molar-refractivity contribution in [3.63, 3.8) is 0 Å². The number of nitrogens with zero attached hydrogens (tertiary/aromatic N) is 3. The fourth-order valence-corrected chi connectivity index (χ4v) is 1.15. The molecule has 68 valence electrons. The van der Waals surface area contributed by atoms with Gasteiger partial charge in [0.1, 0.15) is 6.04 Å². The molecule has 0 saturated heterocycles. The van der Waals surface area contributed by atoms with E-state index in [4.69, 9.17) is 16.4 Å².